The van der Waals surface area contributed by atoms with Gasteiger partial charge in [0.15, 0.2) is 5.69 Å². The summed E-state index contributed by atoms with van der Waals surface area (Å²) in [5.41, 5.74) is 9.53. The van der Waals surface area contributed by atoms with E-state index in [4.69, 9.17) is 5.53 Å². The van der Waals surface area contributed by atoms with Gasteiger partial charge in [-0.3, -0.25) is 5.11 Å². The molecule has 0 atom stereocenters. The number of fused-ring (bicyclic) bond motifs is 1. The molecule has 0 saturated carbocycles. The van der Waals surface area contributed by atoms with Crippen molar-refractivity contribution in [3.8, 4) is 0 Å². The predicted molar refractivity (Wildman–Crippen MR) is 47.9 cm³/mol. The van der Waals surface area contributed by atoms with Crippen molar-refractivity contribution < 1.29 is 5.11 Å². The van der Waals surface area contributed by atoms with Crippen LogP contribution in [0, 0.1) is 0 Å². The number of hydrogen-bond donors (Lipinski definition) is 1. The van der Waals surface area contributed by atoms with Crippen molar-refractivity contribution in [1.82, 2.24) is 0 Å². The molecule has 2 aromatic carbocycles. The minimum Gasteiger partial charge on any atom is -0.502 e. The summed E-state index contributed by atoms with van der Waals surface area (Å²) in [6.45, 7) is 0. The van der Waals surface area contributed by atoms with Crippen LogP contribution in [0.4, 0.5) is 5.69 Å². The number of rotatable bonds is 1. The smallest absolute Gasteiger partial charge is 0.200 e. The third-order valence-electron chi connectivity index (χ3n) is 1.91. The first kappa shape index (κ1) is 6.98. The molecule has 0 aliphatic carbocycles. The molecule has 0 spiro atoms. The van der Waals surface area contributed by atoms with Gasteiger partial charge in [0.1, 0.15) is 0 Å². The first-order chi connectivity index (χ1) is 5.92. The SMILES string of the molecule is [N-]=[NH+]c1cccc2ccccc12. The van der Waals surface area contributed by atoms with E-state index in [1.54, 1.807) is 0 Å². The average Bonchev–Trinajstić information content (AvgIpc) is 2.17. The normalized spacial score (nSPS) is 10.0. The Labute approximate surface area is 70.3 Å². The van der Waals surface area contributed by atoms with E-state index in [1.807, 2.05) is 42.5 Å². The predicted octanol–water partition coefficient (Wildman–Crippen LogP) is 1.57. The lowest BCUT2D eigenvalue weighted by Gasteiger charge is -1.96. The van der Waals surface area contributed by atoms with Crippen molar-refractivity contribution in [2.24, 2.45) is 0 Å². The van der Waals surface area contributed by atoms with Gasteiger partial charge in [-0.15, -0.1) is 0 Å². The lowest BCUT2D eigenvalue weighted by Crippen LogP contribution is -2.54. The molecule has 0 aromatic heterocycles. The van der Waals surface area contributed by atoms with Gasteiger partial charge in [0, 0.05) is 6.07 Å². The summed E-state index contributed by atoms with van der Waals surface area (Å²) in [6, 6.07) is 13.6. The second kappa shape index (κ2) is 2.74. The Balaban J connectivity index is 2.88. The van der Waals surface area contributed by atoms with Gasteiger partial charge in [0.2, 0.25) is 0 Å². The van der Waals surface area contributed by atoms with Crippen LogP contribution in [0.3, 0.4) is 0 Å². The Bertz CT molecular complexity index is 416. The number of nitrogens with one attached hydrogen (secondary N) is 1. The first-order valence-electron chi connectivity index (χ1n) is 3.79. The van der Waals surface area contributed by atoms with E-state index < -0.39 is 0 Å². The third kappa shape index (κ3) is 0.975. The molecular weight excluding hydrogens is 148 g/mol. The Morgan fingerprint density at radius 2 is 1.67 bits per heavy atom. The molecule has 0 aliphatic rings. The van der Waals surface area contributed by atoms with Crippen molar-refractivity contribution in [2.75, 3.05) is 0 Å². The summed E-state index contributed by atoms with van der Waals surface area (Å²) in [7, 11) is 0. The standard InChI is InChI=1S/C10H8N2/c11-12-10-7-3-5-8-4-1-2-6-9(8)10/h1-7,12H. The zero-order valence-corrected chi connectivity index (χ0v) is 6.49. The van der Waals surface area contributed by atoms with Gasteiger partial charge >= 0.3 is 0 Å². The van der Waals surface area contributed by atoms with Crippen LogP contribution < -0.4 is 5.11 Å². The summed E-state index contributed by atoms with van der Waals surface area (Å²) in [5, 5.41) is 4.32. The molecule has 0 fully saturated rings. The van der Waals surface area contributed by atoms with Gasteiger partial charge in [-0.1, -0.05) is 30.3 Å². The molecule has 12 heavy (non-hydrogen) atoms. The van der Waals surface area contributed by atoms with E-state index in [2.05, 4.69) is 5.11 Å². The Hall–Kier alpha value is -1.70. The lowest BCUT2D eigenvalue weighted by atomic mass is 10.1. The molecule has 0 bridgehead atoms. The van der Waals surface area contributed by atoms with E-state index >= 15 is 0 Å². The summed E-state index contributed by atoms with van der Waals surface area (Å²) < 4.78 is 0. The molecule has 2 aromatic rings. The lowest BCUT2D eigenvalue weighted by molar-refractivity contribution is -0.377. The van der Waals surface area contributed by atoms with Crippen molar-refractivity contribution >= 4 is 16.5 Å². The monoisotopic (exact) mass is 156 g/mol. The summed E-state index contributed by atoms with van der Waals surface area (Å²) in [4.78, 5) is 0. The van der Waals surface area contributed by atoms with E-state index in [-0.39, 0.29) is 0 Å². The van der Waals surface area contributed by atoms with Gasteiger partial charge in [-0.25, -0.2) is 0 Å². The molecule has 2 rings (SSSR count). The molecule has 0 saturated heterocycles. The van der Waals surface area contributed by atoms with Crippen LogP contribution in [-0.4, -0.2) is 0 Å². The van der Waals surface area contributed by atoms with Crippen molar-refractivity contribution in [1.29, 1.82) is 0 Å². The van der Waals surface area contributed by atoms with Crippen LogP contribution in [0.5, 0.6) is 0 Å². The van der Waals surface area contributed by atoms with Gasteiger partial charge < -0.3 is 5.53 Å². The van der Waals surface area contributed by atoms with Gasteiger partial charge in [-0.2, -0.15) is 0 Å². The Morgan fingerprint density at radius 1 is 0.917 bits per heavy atom. The molecule has 1 N–H and O–H groups in total. The Morgan fingerprint density at radius 3 is 2.50 bits per heavy atom. The molecular formula is C10H8N2. The maximum absolute atomic E-state index is 8.79. The summed E-state index contributed by atoms with van der Waals surface area (Å²) in [6.07, 6.45) is 0. The number of hydrogen-bond acceptors (Lipinski definition) is 0. The zero-order chi connectivity index (χ0) is 8.39. The minimum absolute atomic E-state index is 0.744. The van der Waals surface area contributed by atoms with E-state index in [0.29, 0.717) is 0 Å². The van der Waals surface area contributed by atoms with E-state index in [1.165, 1.54) is 0 Å². The summed E-state index contributed by atoms with van der Waals surface area (Å²) >= 11 is 0. The summed E-state index contributed by atoms with van der Waals surface area (Å²) in [5.74, 6) is 0. The largest absolute Gasteiger partial charge is 0.502 e. The van der Waals surface area contributed by atoms with Crippen molar-refractivity contribution in [3.05, 3.63) is 48.0 Å². The van der Waals surface area contributed by atoms with E-state index in [9.17, 15) is 0 Å². The molecule has 58 valence electrons. The van der Waals surface area contributed by atoms with Gasteiger partial charge in [-0.05, 0) is 11.5 Å². The number of nitrogens with zero attached hydrogens (tertiary/aromatic N) is 1. The third-order valence-corrected chi connectivity index (χ3v) is 1.91. The highest BCUT2D eigenvalue weighted by molar-refractivity contribution is 5.90. The molecule has 0 aliphatic heterocycles. The van der Waals surface area contributed by atoms with Crippen LogP contribution in [0.2, 0.25) is 0 Å². The molecule has 0 heterocycles. The maximum Gasteiger partial charge on any atom is 0.200 e. The topological polar surface area (TPSA) is 36.3 Å². The molecule has 0 radical (unpaired) electrons. The highest BCUT2D eigenvalue weighted by Gasteiger charge is 1.98. The number of benzene rings is 2. The second-order valence-corrected chi connectivity index (χ2v) is 2.64. The highest BCUT2D eigenvalue weighted by atomic mass is 15.0. The molecule has 0 amide bonds. The van der Waals surface area contributed by atoms with Crippen LogP contribution in [0.1, 0.15) is 0 Å². The van der Waals surface area contributed by atoms with Gasteiger partial charge in [0.25, 0.3) is 0 Å². The minimum atomic E-state index is 0.744. The second-order valence-electron chi connectivity index (χ2n) is 2.64. The van der Waals surface area contributed by atoms with Crippen molar-refractivity contribution in [3.63, 3.8) is 0 Å². The first-order valence-corrected chi connectivity index (χ1v) is 3.79. The highest BCUT2D eigenvalue weighted by Crippen LogP contribution is 2.18. The maximum atomic E-state index is 8.79. The quantitative estimate of drug-likeness (QED) is 0.608. The molecule has 2 nitrogen and oxygen atoms in total. The van der Waals surface area contributed by atoms with Gasteiger partial charge in [0.05, 0.1) is 5.39 Å². The fraction of sp³-hybridized carbons (Fsp3) is 0. The zero-order valence-electron chi connectivity index (χ0n) is 6.49. The average molecular weight is 156 g/mol. The van der Waals surface area contributed by atoms with Crippen molar-refractivity contribution in [2.45, 2.75) is 0 Å². The van der Waals surface area contributed by atoms with Crippen LogP contribution in [0.25, 0.3) is 16.3 Å². The molecule has 2 heteroatoms. The van der Waals surface area contributed by atoms with Crippen LogP contribution in [0.15, 0.2) is 42.5 Å². The molecule has 0 unspecified atom stereocenters. The fourth-order valence-corrected chi connectivity index (χ4v) is 1.32. The van der Waals surface area contributed by atoms with Crippen LogP contribution in [-0.2, 0) is 0 Å². The van der Waals surface area contributed by atoms with Crippen LogP contribution >= 0.6 is 0 Å². The van der Waals surface area contributed by atoms with E-state index in [0.717, 1.165) is 16.5 Å². The fourth-order valence-electron chi connectivity index (χ4n) is 1.32. The Kier molecular flexibility index (Phi) is 1.59.